The molecule has 0 spiro atoms. The normalized spacial score (nSPS) is 10.8. The van der Waals surface area contributed by atoms with Gasteiger partial charge in [-0.25, -0.2) is 4.79 Å². The van der Waals surface area contributed by atoms with Crippen molar-refractivity contribution in [1.82, 2.24) is 0 Å². The Morgan fingerprint density at radius 1 is 1.00 bits per heavy atom. The van der Waals surface area contributed by atoms with E-state index >= 15 is 0 Å². The molecule has 0 heterocycles. The molecule has 4 heteroatoms. The Kier molecular flexibility index (Phi) is 14.6. The molecule has 0 aromatic heterocycles. The third kappa shape index (κ3) is 9.38. The summed E-state index contributed by atoms with van der Waals surface area (Å²) >= 11 is 0. The number of hydrogen-bond donors (Lipinski definition) is 0. The van der Waals surface area contributed by atoms with Crippen molar-refractivity contribution in [3.8, 4) is 0 Å². The van der Waals surface area contributed by atoms with Crippen molar-refractivity contribution in [3.63, 3.8) is 0 Å². The summed E-state index contributed by atoms with van der Waals surface area (Å²) in [5, 5.41) is 0. The first kappa shape index (κ1) is 21.8. The van der Waals surface area contributed by atoms with Gasteiger partial charge in [-0.3, -0.25) is 4.48 Å². The largest absolute Gasteiger partial charge is 1.00 e. The van der Waals surface area contributed by atoms with Crippen LogP contribution < -0.4 is 12.4 Å². The highest BCUT2D eigenvalue weighted by Crippen LogP contribution is 2.15. The smallest absolute Gasteiger partial charge is 0.334 e. The Balaban J connectivity index is 0. The third-order valence-corrected chi connectivity index (χ3v) is 3.61. The lowest BCUT2D eigenvalue weighted by atomic mass is 10.2. The summed E-state index contributed by atoms with van der Waals surface area (Å²) in [5.41, 5.74) is 0. The van der Waals surface area contributed by atoms with Crippen molar-refractivity contribution in [1.29, 1.82) is 0 Å². The molecule has 0 saturated heterocycles. The first-order chi connectivity index (χ1) is 9.14. The summed E-state index contributed by atoms with van der Waals surface area (Å²) in [7, 11) is 0. The zero-order valence-corrected chi connectivity index (χ0v) is 14.3. The van der Waals surface area contributed by atoms with E-state index in [1.807, 2.05) is 0 Å². The van der Waals surface area contributed by atoms with Gasteiger partial charge in [-0.05, 0) is 19.3 Å². The van der Waals surface area contributed by atoms with Crippen molar-refractivity contribution in [3.05, 3.63) is 12.7 Å². The molecule has 0 atom stereocenters. The van der Waals surface area contributed by atoms with Gasteiger partial charge in [0.1, 0.15) is 0 Å². The van der Waals surface area contributed by atoms with Crippen molar-refractivity contribution < 1.29 is 26.4 Å². The zero-order chi connectivity index (χ0) is 14.6. The molecule has 0 aliphatic heterocycles. The van der Waals surface area contributed by atoms with Gasteiger partial charge in [0.05, 0.1) is 19.6 Å². The topological polar surface area (TPSA) is 26.3 Å². The molecule has 0 unspecified atom stereocenters. The monoisotopic (exact) mass is 305 g/mol. The predicted molar refractivity (Wildman–Crippen MR) is 80.7 cm³/mol. The van der Waals surface area contributed by atoms with Crippen molar-refractivity contribution in [2.45, 2.75) is 59.3 Å². The van der Waals surface area contributed by atoms with Crippen LogP contribution in [0.3, 0.4) is 0 Å². The highest BCUT2D eigenvalue weighted by Gasteiger charge is 2.27. The molecule has 0 N–H and O–H groups in total. The molecule has 0 bridgehead atoms. The quantitative estimate of drug-likeness (QED) is 0.232. The zero-order valence-electron chi connectivity index (χ0n) is 13.5. The number of ether oxygens (including phenoxy) is 1. The van der Waals surface area contributed by atoms with Crippen molar-refractivity contribution >= 4 is 5.97 Å². The number of hydrogen-bond acceptors (Lipinski definition) is 2. The van der Waals surface area contributed by atoms with Crippen molar-refractivity contribution in [2.75, 3.05) is 26.4 Å². The van der Waals surface area contributed by atoms with Gasteiger partial charge in [0.25, 0.3) is 0 Å². The first-order valence-electron chi connectivity index (χ1n) is 7.78. The summed E-state index contributed by atoms with van der Waals surface area (Å²) in [6, 6.07) is 0. The lowest BCUT2D eigenvalue weighted by Crippen LogP contribution is -3.00. The Morgan fingerprint density at radius 3 is 1.70 bits per heavy atom. The Hall–Kier alpha value is -0.540. The second-order valence-electron chi connectivity index (χ2n) is 5.37. The minimum atomic E-state index is -0.299. The van der Waals surface area contributed by atoms with Crippen LogP contribution in [0.15, 0.2) is 12.7 Å². The van der Waals surface area contributed by atoms with E-state index in [1.54, 1.807) is 0 Å². The molecule has 3 nitrogen and oxygen atoms in total. The van der Waals surface area contributed by atoms with Gasteiger partial charge in [-0.15, -0.1) is 0 Å². The fraction of sp³-hybridized carbons (Fsp3) is 0.812. The van der Waals surface area contributed by atoms with E-state index < -0.39 is 0 Å². The number of esters is 1. The Morgan fingerprint density at radius 2 is 1.40 bits per heavy atom. The average molecular weight is 306 g/mol. The summed E-state index contributed by atoms with van der Waals surface area (Å²) < 4.78 is 6.29. The fourth-order valence-corrected chi connectivity index (χ4v) is 2.27. The standard InChI is InChI=1S/C16H32NO2.ClH/c1-5-9-12-17(13-10-6-2,14-11-7-3)15-19-16(18)8-4;/h8H,4-7,9-15H2,1-3H3;1H/q+1;/p-1. The van der Waals surface area contributed by atoms with Crippen LogP contribution >= 0.6 is 0 Å². The minimum absolute atomic E-state index is 0. The van der Waals surface area contributed by atoms with E-state index in [2.05, 4.69) is 27.4 Å². The van der Waals surface area contributed by atoms with Crippen LogP contribution in [0.4, 0.5) is 0 Å². The van der Waals surface area contributed by atoms with E-state index in [9.17, 15) is 4.79 Å². The second-order valence-corrected chi connectivity index (χ2v) is 5.37. The lowest BCUT2D eigenvalue weighted by molar-refractivity contribution is -0.944. The minimum Gasteiger partial charge on any atom is -1.00 e. The van der Waals surface area contributed by atoms with Crippen LogP contribution in [-0.2, 0) is 9.53 Å². The molecule has 0 saturated carbocycles. The van der Waals surface area contributed by atoms with Gasteiger partial charge in [-0.1, -0.05) is 46.6 Å². The number of halogens is 1. The van der Waals surface area contributed by atoms with Crippen LogP contribution in [0, 0.1) is 0 Å². The van der Waals surface area contributed by atoms with Gasteiger partial charge >= 0.3 is 5.97 Å². The summed E-state index contributed by atoms with van der Waals surface area (Å²) in [6.45, 7) is 13.9. The predicted octanol–water partition coefficient (Wildman–Crippen LogP) is 0.894. The van der Waals surface area contributed by atoms with Gasteiger partial charge in [-0.2, -0.15) is 0 Å². The Labute approximate surface area is 131 Å². The molecule has 0 rings (SSSR count). The molecule has 120 valence electrons. The molecule has 0 aliphatic carbocycles. The molecule has 0 aliphatic rings. The lowest BCUT2D eigenvalue weighted by Gasteiger charge is -2.38. The number of nitrogens with zero attached hydrogens (tertiary/aromatic N) is 1. The van der Waals surface area contributed by atoms with Crippen molar-refractivity contribution in [2.24, 2.45) is 0 Å². The van der Waals surface area contributed by atoms with Gasteiger partial charge in [0.15, 0.2) is 0 Å². The van der Waals surface area contributed by atoms with Crippen LogP contribution in [0.25, 0.3) is 0 Å². The van der Waals surface area contributed by atoms with E-state index in [0.29, 0.717) is 6.73 Å². The highest BCUT2D eigenvalue weighted by molar-refractivity contribution is 5.81. The Bertz CT molecular complexity index is 235. The van der Waals surface area contributed by atoms with Gasteiger partial charge in [0, 0.05) is 6.08 Å². The van der Waals surface area contributed by atoms with E-state index in [0.717, 1.165) is 24.1 Å². The maximum absolute atomic E-state index is 11.3. The maximum atomic E-state index is 11.3. The molecule has 0 aromatic rings. The molecule has 20 heavy (non-hydrogen) atoms. The maximum Gasteiger partial charge on any atom is 0.334 e. The average Bonchev–Trinajstić information content (AvgIpc) is 2.45. The van der Waals surface area contributed by atoms with Gasteiger partial charge < -0.3 is 17.1 Å². The molecule has 0 aromatic carbocycles. The number of carbonyl (C=O) groups is 1. The second kappa shape index (κ2) is 13.4. The summed E-state index contributed by atoms with van der Waals surface area (Å²) in [4.78, 5) is 11.3. The highest BCUT2D eigenvalue weighted by atomic mass is 35.5. The number of carbonyl (C=O) groups excluding carboxylic acids is 1. The molecular weight excluding hydrogens is 274 g/mol. The number of quaternary nitrogens is 1. The van der Waals surface area contributed by atoms with E-state index in [-0.39, 0.29) is 18.4 Å². The van der Waals surface area contributed by atoms with E-state index in [4.69, 9.17) is 4.74 Å². The first-order valence-corrected chi connectivity index (χ1v) is 7.78. The summed E-state index contributed by atoms with van der Waals surface area (Å²) in [6.07, 6.45) is 8.40. The molecule has 0 amide bonds. The summed E-state index contributed by atoms with van der Waals surface area (Å²) in [5.74, 6) is -0.299. The van der Waals surface area contributed by atoms with Gasteiger partial charge in [0.2, 0.25) is 6.73 Å². The third-order valence-electron chi connectivity index (χ3n) is 3.61. The van der Waals surface area contributed by atoms with Crippen LogP contribution in [-0.4, -0.2) is 36.8 Å². The fourth-order valence-electron chi connectivity index (χ4n) is 2.27. The van der Waals surface area contributed by atoms with Crippen LogP contribution in [0.5, 0.6) is 0 Å². The molecule has 0 radical (unpaired) electrons. The molecule has 0 fully saturated rings. The molecular formula is C16H32ClNO2. The number of unbranched alkanes of at least 4 members (excludes halogenated alkanes) is 3. The van der Waals surface area contributed by atoms with Crippen LogP contribution in [0.2, 0.25) is 0 Å². The SMILES string of the molecule is C=CC(=O)OC[N+](CCCC)(CCCC)CCCC.[Cl-]. The van der Waals surface area contributed by atoms with Crippen LogP contribution in [0.1, 0.15) is 59.3 Å². The number of rotatable bonds is 12. The van der Waals surface area contributed by atoms with E-state index in [1.165, 1.54) is 44.6 Å².